The predicted octanol–water partition coefficient (Wildman–Crippen LogP) is 1.24. The summed E-state index contributed by atoms with van der Waals surface area (Å²) in [5.74, 6) is 0. The van der Waals surface area contributed by atoms with Gasteiger partial charge in [0.05, 0.1) is 22.6 Å². The third-order valence-corrected chi connectivity index (χ3v) is 3.05. The Hall–Kier alpha value is -1.57. The fourth-order valence-corrected chi connectivity index (χ4v) is 2.25. The number of hydrogen-bond donors (Lipinski definition) is 2. The lowest BCUT2D eigenvalue weighted by molar-refractivity contribution is -0.384. The van der Waals surface area contributed by atoms with Crippen molar-refractivity contribution < 1.29 is 10.0 Å². The Kier molecular flexibility index (Phi) is 5.81. The lowest BCUT2D eigenvalue weighted by atomic mass is 10.0. The van der Waals surface area contributed by atoms with E-state index in [9.17, 15) is 10.1 Å². The number of nitrogens with two attached hydrogens (primary N) is 1. The molecule has 0 saturated carbocycles. The van der Waals surface area contributed by atoms with Gasteiger partial charge in [-0.05, 0) is 12.1 Å². The van der Waals surface area contributed by atoms with Crippen molar-refractivity contribution in [3.8, 4) is 0 Å². The summed E-state index contributed by atoms with van der Waals surface area (Å²) in [6, 6.07) is 5.82. The van der Waals surface area contributed by atoms with Gasteiger partial charge in [0.2, 0.25) is 0 Å². The Labute approximate surface area is 117 Å². The lowest BCUT2D eigenvalue weighted by Gasteiger charge is -2.29. The minimum absolute atomic E-state index is 0.00111. The van der Waals surface area contributed by atoms with Crippen LogP contribution in [0.2, 0.25) is 0 Å². The number of benzene rings is 1. The number of nitrogens with zero attached hydrogens (tertiary/aromatic N) is 2. The zero-order valence-electron chi connectivity index (χ0n) is 10.7. The molecule has 0 aliphatic rings. The van der Waals surface area contributed by atoms with Crippen LogP contribution in [0.15, 0.2) is 24.3 Å². The molecule has 0 heterocycles. The summed E-state index contributed by atoms with van der Waals surface area (Å²) >= 11 is 5.05. The number of aliphatic hydroxyl groups excluding tert-OH is 1. The van der Waals surface area contributed by atoms with Gasteiger partial charge in [-0.15, -0.1) is 0 Å². The first-order valence-electron chi connectivity index (χ1n) is 5.89. The van der Waals surface area contributed by atoms with Gasteiger partial charge in [0.25, 0.3) is 5.69 Å². The van der Waals surface area contributed by atoms with Crippen molar-refractivity contribution in [2.45, 2.75) is 13.0 Å². The molecular weight excluding hydrogens is 266 g/mol. The van der Waals surface area contributed by atoms with E-state index in [4.69, 9.17) is 23.1 Å². The van der Waals surface area contributed by atoms with Gasteiger partial charge in [-0.25, -0.2) is 0 Å². The fourth-order valence-electron chi connectivity index (χ4n) is 1.96. The van der Waals surface area contributed by atoms with Gasteiger partial charge in [0, 0.05) is 18.7 Å². The van der Waals surface area contributed by atoms with Gasteiger partial charge in [-0.2, -0.15) is 0 Å². The van der Waals surface area contributed by atoms with E-state index in [0.29, 0.717) is 18.7 Å². The van der Waals surface area contributed by atoms with Crippen molar-refractivity contribution in [2.24, 2.45) is 5.73 Å². The molecule has 0 aliphatic heterocycles. The SMILES string of the molecule is CCN(CCO)C(C(N)=S)c1cccc([N+](=O)[O-])c1. The number of nitro groups is 1. The summed E-state index contributed by atoms with van der Waals surface area (Å²) in [5, 5.41) is 19.9. The van der Waals surface area contributed by atoms with E-state index in [1.54, 1.807) is 12.1 Å². The molecule has 1 rings (SSSR count). The topological polar surface area (TPSA) is 92.6 Å². The zero-order chi connectivity index (χ0) is 14.4. The summed E-state index contributed by atoms with van der Waals surface area (Å²) in [4.78, 5) is 12.5. The highest BCUT2D eigenvalue weighted by molar-refractivity contribution is 7.80. The summed E-state index contributed by atoms with van der Waals surface area (Å²) in [6.45, 7) is 2.92. The van der Waals surface area contributed by atoms with Crippen LogP contribution < -0.4 is 5.73 Å². The molecule has 0 aromatic heterocycles. The quantitative estimate of drug-likeness (QED) is 0.444. The molecule has 1 aromatic rings. The Balaban J connectivity index is 3.14. The standard InChI is InChI=1S/C12H17N3O3S/c1-2-14(6-7-16)11(12(13)19)9-4-3-5-10(8-9)15(17)18/h3-5,8,11,16H,2,6-7H2,1H3,(H2,13,19). The number of nitro benzene ring substituents is 1. The van der Waals surface area contributed by atoms with Crippen molar-refractivity contribution in [1.29, 1.82) is 0 Å². The molecule has 1 unspecified atom stereocenters. The van der Waals surface area contributed by atoms with Gasteiger partial charge >= 0.3 is 0 Å². The maximum absolute atomic E-state index is 10.8. The number of non-ortho nitro benzene ring substituents is 1. The third kappa shape index (κ3) is 3.95. The second kappa shape index (κ2) is 7.13. The van der Waals surface area contributed by atoms with Gasteiger partial charge in [-0.3, -0.25) is 15.0 Å². The average Bonchev–Trinajstić information content (AvgIpc) is 2.38. The van der Waals surface area contributed by atoms with Crippen LogP contribution in [0.1, 0.15) is 18.5 Å². The number of aliphatic hydroxyl groups is 1. The number of thiocarbonyl (C=S) groups is 1. The van der Waals surface area contributed by atoms with E-state index in [2.05, 4.69) is 0 Å². The summed E-state index contributed by atoms with van der Waals surface area (Å²) in [5.41, 5.74) is 6.40. The Morgan fingerprint density at radius 1 is 1.63 bits per heavy atom. The first kappa shape index (κ1) is 15.5. The molecule has 1 aromatic carbocycles. The molecular formula is C12H17N3O3S. The van der Waals surface area contributed by atoms with Crippen LogP contribution in [-0.2, 0) is 0 Å². The van der Waals surface area contributed by atoms with Gasteiger partial charge in [-0.1, -0.05) is 31.3 Å². The molecule has 0 spiro atoms. The van der Waals surface area contributed by atoms with Gasteiger partial charge in [0.1, 0.15) is 0 Å². The van der Waals surface area contributed by atoms with Gasteiger partial charge in [0.15, 0.2) is 0 Å². The molecule has 1 atom stereocenters. The van der Waals surface area contributed by atoms with E-state index in [1.807, 2.05) is 11.8 Å². The maximum Gasteiger partial charge on any atom is 0.269 e. The number of likely N-dealkylation sites (N-methyl/N-ethyl adjacent to an activating group) is 1. The average molecular weight is 283 g/mol. The van der Waals surface area contributed by atoms with Crippen LogP contribution >= 0.6 is 12.2 Å². The smallest absolute Gasteiger partial charge is 0.269 e. The molecule has 3 N–H and O–H groups in total. The lowest BCUT2D eigenvalue weighted by Crippen LogP contribution is -2.38. The highest BCUT2D eigenvalue weighted by Crippen LogP contribution is 2.24. The van der Waals surface area contributed by atoms with Crippen LogP contribution in [0, 0.1) is 10.1 Å². The van der Waals surface area contributed by atoms with Crippen molar-refractivity contribution in [1.82, 2.24) is 4.90 Å². The zero-order valence-corrected chi connectivity index (χ0v) is 11.5. The van der Waals surface area contributed by atoms with E-state index in [0.717, 1.165) is 0 Å². The molecule has 0 bridgehead atoms. The van der Waals surface area contributed by atoms with E-state index in [1.165, 1.54) is 12.1 Å². The summed E-state index contributed by atoms with van der Waals surface area (Å²) in [7, 11) is 0. The molecule has 0 aliphatic carbocycles. The number of hydrogen-bond acceptors (Lipinski definition) is 5. The Morgan fingerprint density at radius 3 is 2.79 bits per heavy atom. The van der Waals surface area contributed by atoms with E-state index in [-0.39, 0.29) is 17.3 Å². The highest BCUT2D eigenvalue weighted by Gasteiger charge is 2.23. The first-order chi connectivity index (χ1) is 9.01. The molecule has 0 saturated heterocycles. The molecule has 0 fully saturated rings. The molecule has 0 amide bonds. The van der Waals surface area contributed by atoms with Crippen LogP contribution in [0.3, 0.4) is 0 Å². The van der Waals surface area contributed by atoms with E-state index < -0.39 is 11.0 Å². The van der Waals surface area contributed by atoms with Gasteiger partial charge < -0.3 is 10.8 Å². The minimum Gasteiger partial charge on any atom is -0.395 e. The Bertz CT molecular complexity index is 467. The summed E-state index contributed by atoms with van der Waals surface area (Å²) in [6.07, 6.45) is 0. The van der Waals surface area contributed by atoms with Crippen LogP contribution in [0.5, 0.6) is 0 Å². The monoisotopic (exact) mass is 283 g/mol. The molecule has 19 heavy (non-hydrogen) atoms. The minimum atomic E-state index is -0.456. The number of rotatable bonds is 7. The van der Waals surface area contributed by atoms with Crippen molar-refractivity contribution >= 4 is 22.9 Å². The molecule has 6 nitrogen and oxygen atoms in total. The summed E-state index contributed by atoms with van der Waals surface area (Å²) < 4.78 is 0. The molecule has 104 valence electrons. The largest absolute Gasteiger partial charge is 0.395 e. The third-order valence-electron chi connectivity index (χ3n) is 2.82. The second-order valence-electron chi connectivity index (χ2n) is 4.01. The normalized spacial score (nSPS) is 12.4. The molecule has 0 radical (unpaired) electrons. The van der Waals surface area contributed by atoms with Crippen LogP contribution in [0.25, 0.3) is 0 Å². The first-order valence-corrected chi connectivity index (χ1v) is 6.30. The van der Waals surface area contributed by atoms with Crippen molar-refractivity contribution in [3.05, 3.63) is 39.9 Å². The highest BCUT2D eigenvalue weighted by atomic mass is 32.1. The van der Waals surface area contributed by atoms with Crippen LogP contribution in [0.4, 0.5) is 5.69 Å². The second-order valence-corrected chi connectivity index (χ2v) is 4.48. The van der Waals surface area contributed by atoms with Crippen LogP contribution in [-0.4, -0.2) is 39.6 Å². The maximum atomic E-state index is 10.8. The predicted molar refractivity (Wildman–Crippen MR) is 77.0 cm³/mol. The van der Waals surface area contributed by atoms with Crippen molar-refractivity contribution in [3.63, 3.8) is 0 Å². The Morgan fingerprint density at radius 2 is 2.32 bits per heavy atom. The molecule has 7 heteroatoms. The van der Waals surface area contributed by atoms with E-state index >= 15 is 0 Å². The fraction of sp³-hybridized carbons (Fsp3) is 0.417. The van der Waals surface area contributed by atoms with Crippen molar-refractivity contribution in [2.75, 3.05) is 19.7 Å².